The first-order chi connectivity index (χ1) is 14.9. The summed E-state index contributed by atoms with van der Waals surface area (Å²) in [5, 5.41) is 9.59. The van der Waals surface area contributed by atoms with Crippen LogP contribution in [-0.2, 0) is 4.79 Å². The molecule has 0 spiro atoms. The van der Waals surface area contributed by atoms with Crippen LogP contribution in [0.1, 0.15) is 54.4 Å². The third-order valence-electron chi connectivity index (χ3n) is 5.30. The molecule has 1 heterocycles. The molecule has 0 aromatic rings. The molecule has 2 aliphatic rings. The molecule has 2 rings (SSSR count). The number of carbonyl (C=O) groups is 1. The summed E-state index contributed by atoms with van der Waals surface area (Å²) in [5.74, 6) is -0.0500. The molecule has 174 valence electrons. The number of piperidine rings is 1. The fourth-order valence-electron chi connectivity index (χ4n) is 4.13. The average molecular weight is 664 g/mol. The van der Waals surface area contributed by atoms with E-state index in [1.54, 1.807) is 13.4 Å². The summed E-state index contributed by atoms with van der Waals surface area (Å²) in [6.07, 6.45) is 4.23. The standard InChI is InChI=1S/C24H31FI2N4O/c1-15(2)21-22(29-8-7-26)17(12-28)10-19(25)23(21)30-13-16(3)9-18(14-30)31(27)20(32)11-24(4,5)6/h7-8,10,16,18H,9,11,13-14H2,1-6H3/b8-7-,29-22?/t16-,18+/m0/s1. The first kappa shape index (κ1) is 27.0. The Bertz CT molecular complexity index is 946. The zero-order valence-electron chi connectivity index (χ0n) is 19.5. The first-order valence-electron chi connectivity index (χ1n) is 10.7. The van der Waals surface area contributed by atoms with E-state index in [-0.39, 0.29) is 28.9 Å². The smallest absolute Gasteiger partial charge is 0.232 e. The van der Waals surface area contributed by atoms with Crippen molar-refractivity contribution in [2.75, 3.05) is 13.1 Å². The van der Waals surface area contributed by atoms with Crippen molar-refractivity contribution < 1.29 is 9.18 Å². The molecule has 1 fully saturated rings. The summed E-state index contributed by atoms with van der Waals surface area (Å²) in [7, 11) is 0. The van der Waals surface area contributed by atoms with Crippen molar-refractivity contribution in [3.63, 3.8) is 0 Å². The molecule has 2 atom stereocenters. The molecule has 0 radical (unpaired) electrons. The van der Waals surface area contributed by atoms with Gasteiger partial charge < -0.3 is 4.90 Å². The highest BCUT2D eigenvalue weighted by atomic mass is 127. The molecule has 1 aliphatic heterocycles. The summed E-state index contributed by atoms with van der Waals surface area (Å²) in [6.45, 7) is 13.3. The second kappa shape index (κ2) is 11.3. The van der Waals surface area contributed by atoms with Crippen LogP contribution < -0.4 is 0 Å². The van der Waals surface area contributed by atoms with Gasteiger partial charge in [0.2, 0.25) is 5.91 Å². The van der Waals surface area contributed by atoms with E-state index in [4.69, 9.17) is 0 Å². The maximum Gasteiger partial charge on any atom is 0.232 e. The minimum Gasteiger partial charge on any atom is -0.366 e. The number of carbonyl (C=O) groups excluding carboxylic acids is 1. The predicted octanol–water partition coefficient (Wildman–Crippen LogP) is 6.64. The van der Waals surface area contributed by atoms with Gasteiger partial charge in [0.1, 0.15) is 11.9 Å². The van der Waals surface area contributed by atoms with Crippen LogP contribution in [0.25, 0.3) is 0 Å². The lowest BCUT2D eigenvalue weighted by Crippen LogP contribution is -2.49. The monoisotopic (exact) mass is 664 g/mol. The highest BCUT2D eigenvalue weighted by Crippen LogP contribution is 2.37. The summed E-state index contributed by atoms with van der Waals surface area (Å²) >= 11 is 4.19. The van der Waals surface area contributed by atoms with Crippen molar-refractivity contribution in [3.05, 3.63) is 44.6 Å². The molecular formula is C24H31FI2N4O. The highest BCUT2D eigenvalue weighted by molar-refractivity contribution is 14.1. The molecule has 0 aromatic heterocycles. The number of nitrogens with zero attached hydrogens (tertiary/aromatic N) is 4. The maximum absolute atomic E-state index is 15.4. The molecule has 1 aliphatic carbocycles. The lowest BCUT2D eigenvalue weighted by atomic mass is 9.87. The minimum absolute atomic E-state index is 0.0242. The quantitative estimate of drug-likeness (QED) is 0.250. The van der Waals surface area contributed by atoms with Gasteiger partial charge in [-0.1, -0.05) is 55.9 Å². The van der Waals surface area contributed by atoms with Gasteiger partial charge in [0.25, 0.3) is 0 Å². The van der Waals surface area contributed by atoms with E-state index in [2.05, 4.69) is 84.2 Å². The SMILES string of the molecule is CC(C)=C1C(=N/C=C\I)C(C#N)=CC(F)=C1N1C[C@@H](C)C[C@@H](N(I)C(=O)CC(C)(C)C)C1. The molecular weight excluding hydrogens is 633 g/mol. The van der Waals surface area contributed by atoms with E-state index >= 15 is 4.39 Å². The Morgan fingerprint density at radius 3 is 2.59 bits per heavy atom. The molecule has 1 saturated heterocycles. The fraction of sp³-hybridized carbons (Fsp3) is 0.542. The minimum atomic E-state index is -0.427. The van der Waals surface area contributed by atoms with E-state index in [9.17, 15) is 10.1 Å². The van der Waals surface area contributed by atoms with Gasteiger partial charge >= 0.3 is 0 Å². The number of hydrogen-bond acceptors (Lipinski definition) is 4. The van der Waals surface area contributed by atoms with Crippen molar-refractivity contribution in [3.8, 4) is 6.07 Å². The van der Waals surface area contributed by atoms with Gasteiger partial charge in [0, 0.05) is 31.3 Å². The molecule has 0 unspecified atom stereocenters. The number of amides is 1. The van der Waals surface area contributed by atoms with Gasteiger partial charge in [-0.05, 0) is 41.8 Å². The Hall–Kier alpha value is -1.22. The van der Waals surface area contributed by atoms with Crippen LogP contribution in [0.5, 0.6) is 0 Å². The number of nitriles is 1. The molecule has 0 saturated carbocycles. The summed E-state index contributed by atoms with van der Waals surface area (Å²) in [4.78, 5) is 19.4. The molecule has 32 heavy (non-hydrogen) atoms. The van der Waals surface area contributed by atoms with Crippen molar-refractivity contribution in [1.82, 2.24) is 8.01 Å². The van der Waals surface area contributed by atoms with Gasteiger partial charge in [-0.15, -0.1) is 0 Å². The maximum atomic E-state index is 15.4. The van der Waals surface area contributed by atoms with E-state index in [0.717, 1.165) is 12.0 Å². The van der Waals surface area contributed by atoms with Crippen molar-refractivity contribution in [1.29, 1.82) is 5.26 Å². The van der Waals surface area contributed by atoms with Crippen LogP contribution in [0.4, 0.5) is 4.39 Å². The van der Waals surface area contributed by atoms with Gasteiger partial charge in [0.05, 0.1) is 45.9 Å². The van der Waals surface area contributed by atoms with Crippen molar-refractivity contribution >= 4 is 57.1 Å². The van der Waals surface area contributed by atoms with Gasteiger partial charge in [-0.3, -0.25) is 12.9 Å². The van der Waals surface area contributed by atoms with E-state index in [0.29, 0.717) is 36.5 Å². The summed E-state index contributed by atoms with van der Waals surface area (Å²) in [5.41, 5.74) is 2.63. The van der Waals surface area contributed by atoms with Crippen LogP contribution >= 0.6 is 45.5 Å². The number of rotatable bonds is 4. The van der Waals surface area contributed by atoms with Crippen molar-refractivity contribution in [2.24, 2.45) is 16.3 Å². The third kappa shape index (κ3) is 6.65. The topological polar surface area (TPSA) is 59.7 Å². The van der Waals surface area contributed by atoms with Gasteiger partial charge in [-0.2, -0.15) is 5.26 Å². The summed E-state index contributed by atoms with van der Waals surface area (Å²) < 4.78 is 19.0. The molecule has 5 nitrogen and oxygen atoms in total. The van der Waals surface area contributed by atoms with Gasteiger partial charge in [-0.25, -0.2) is 4.39 Å². The van der Waals surface area contributed by atoms with E-state index in [1.807, 2.05) is 18.7 Å². The molecule has 8 heteroatoms. The Balaban J connectivity index is 2.47. The van der Waals surface area contributed by atoms with Crippen LogP contribution in [0.2, 0.25) is 0 Å². The Labute approximate surface area is 218 Å². The number of aliphatic imine (C=N–C) groups is 1. The molecule has 1 amide bonds. The second-order valence-electron chi connectivity index (χ2n) is 9.84. The van der Waals surface area contributed by atoms with Crippen LogP contribution in [0.3, 0.4) is 0 Å². The Kier molecular flexibility index (Phi) is 9.52. The van der Waals surface area contributed by atoms with E-state index < -0.39 is 5.83 Å². The number of allylic oxidation sites excluding steroid dienone is 5. The van der Waals surface area contributed by atoms with Crippen LogP contribution in [0.15, 0.2) is 49.6 Å². The number of likely N-dealkylation sites (tertiary alicyclic amines) is 1. The van der Waals surface area contributed by atoms with Crippen molar-refractivity contribution in [2.45, 2.75) is 60.4 Å². The Morgan fingerprint density at radius 1 is 1.41 bits per heavy atom. The molecule has 0 aromatic carbocycles. The average Bonchev–Trinajstić information content (AvgIpc) is 2.69. The number of halogens is 3. The fourth-order valence-corrected chi connectivity index (χ4v) is 4.87. The third-order valence-corrected chi connectivity index (χ3v) is 6.95. The largest absolute Gasteiger partial charge is 0.366 e. The highest BCUT2D eigenvalue weighted by Gasteiger charge is 2.37. The van der Waals surface area contributed by atoms with Crippen LogP contribution in [-0.4, -0.2) is 38.8 Å². The van der Waals surface area contributed by atoms with Crippen LogP contribution in [0, 0.1) is 22.7 Å². The molecule has 0 bridgehead atoms. The lowest BCUT2D eigenvalue weighted by molar-refractivity contribution is -0.129. The first-order valence-corrected chi connectivity index (χ1v) is 12.9. The summed E-state index contributed by atoms with van der Waals surface area (Å²) in [6, 6.07) is 2.06. The predicted molar refractivity (Wildman–Crippen MR) is 145 cm³/mol. The molecule has 0 N–H and O–H groups in total. The van der Waals surface area contributed by atoms with E-state index in [1.165, 1.54) is 6.08 Å². The zero-order valence-corrected chi connectivity index (χ0v) is 23.9. The zero-order chi connectivity index (χ0) is 24.2. The Morgan fingerprint density at radius 2 is 2.06 bits per heavy atom. The van der Waals surface area contributed by atoms with Gasteiger partial charge in [0.15, 0.2) is 0 Å². The second-order valence-corrected chi connectivity index (χ2v) is 11.6. The number of hydrogen-bond donors (Lipinski definition) is 0. The normalized spacial score (nSPS) is 23.5. The lowest BCUT2D eigenvalue weighted by Gasteiger charge is -2.43.